The fourth-order valence-electron chi connectivity index (χ4n) is 9.19. The summed E-state index contributed by atoms with van der Waals surface area (Å²) in [5.41, 5.74) is 11.4. The molecule has 3 aliphatic rings. The first-order chi connectivity index (χ1) is 28.2. The first-order valence-corrected chi connectivity index (χ1v) is 19.5. The Morgan fingerprint density at radius 3 is 1.72 bits per heavy atom. The van der Waals surface area contributed by atoms with Gasteiger partial charge in [-0.3, -0.25) is 0 Å². The maximum atomic E-state index is 7.04. The summed E-state index contributed by atoms with van der Waals surface area (Å²) in [6.07, 6.45) is 9.07. The molecule has 0 amide bonds. The van der Waals surface area contributed by atoms with E-state index in [1.807, 2.05) is 42.5 Å². The van der Waals surface area contributed by atoms with Gasteiger partial charge in [-0.1, -0.05) is 176 Å². The molecule has 0 saturated heterocycles. The van der Waals surface area contributed by atoms with Gasteiger partial charge < -0.3 is 9.47 Å². The summed E-state index contributed by atoms with van der Waals surface area (Å²) in [4.78, 5) is 10.1. The third kappa shape index (κ3) is 5.44. The second kappa shape index (κ2) is 13.5. The molecule has 0 spiro atoms. The van der Waals surface area contributed by atoms with E-state index in [0.717, 1.165) is 50.7 Å². The zero-order valence-electron chi connectivity index (χ0n) is 31.0. The average Bonchev–Trinajstić information content (AvgIpc) is 3.61. The molecular weight excluding hydrogens is 697 g/mol. The van der Waals surface area contributed by atoms with Crippen molar-refractivity contribution in [2.45, 2.75) is 11.3 Å². The fraction of sp³-hybridized carbons (Fsp3) is 0.0566. The van der Waals surface area contributed by atoms with E-state index in [2.05, 4.69) is 164 Å². The van der Waals surface area contributed by atoms with Gasteiger partial charge in [0.15, 0.2) is 28.8 Å². The number of aromatic nitrogens is 2. The van der Waals surface area contributed by atoms with Crippen LogP contribution in [-0.4, -0.2) is 9.97 Å². The smallest absolute Gasteiger partial charge is 0.174 e. The Hall–Kier alpha value is -7.30. The number of hydrogen-bond acceptors (Lipinski definition) is 4. The van der Waals surface area contributed by atoms with Gasteiger partial charge in [0.2, 0.25) is 0 Å². The molecule has 4 nitrogen and oxygen atoms in total. The van der Waals surface area contributed by atoms with Gasteiger partial charge in [0, 0.05) is 34.1 Å². The van der Waals surface area contributed by atoms with Crippen LogP contribution in [0.3, 0.4) is 0 Å². The van der Waals surface area contributed by atoms with Crippen LogP contribution in [0.25, 0.3) is 45.0 Å². The molecule has 11 rings (SSSR count). The molecular formula is C53H36N2O2. The minimum absolute atomic E-state index is 0.0970. The second-order valence-corrected chi connectivity index (χ2v) is 14.9. The first-order valence-electron chi connectivity index (χ1n) is 19.5. The van der Waals surface area contributed by atoms with Gasteiger partial charge >= 0.3 is 0 Å². The third-order valence-electron chi connectivity index (χ3n) is 11.7. The normalized spacial score (nSPS) is 16.7. The summed E-state index contributed by atoms with van der Waals surface area (Å²) in [7, 11) is 0. The lowest BCUT2D eigenvalue weighted by Gasteiger charge is -2.38. The van der Waals surface area contributed by atoms with E-state index in [0.29, 0.717) is 17.3 Å². The molecule has 0 N–H and O–H groups in total. The molecule has 2 aliphatic carbocycles. The number of rotatable bonds is 6. The van der Waals surface area contributed by atoms with Crippen molar-refractivity contribution in [1.29, 1.82) is 0 Å². The van der Waals surface area contributed by atoms with Crippen molar-refractivity contribution in [2.75, 3.05) is 0 Å². The molecule has 4 heteroatoms. The van der Waals surface area contributed by atoms with E-state index in [1.165, 1.54) is 22.3 Å². The Balaban J connectivity index is 1.00. The fourth-order valence-corrected chi connectivity index (χ4v) is 9.19. The van der Waals surface area contributed by atoms with Crippen LogP contribution in [0.4, 0.5) is 0 Å². The molecule has 0 radical (unpaired) electrons. The topological polar surface area (TPSA) is 44.2 Å². The molecule has 2 heterocycles. The van der Waals surface area contributed by atoms with Crippen LogP contribution in [0.2, 0.25) is 0 Å². The Labute approximate surface area is 332 Å². The molecule has 8 aromatic rings. The number of benzene rings is 7. The van der Waals surface area contributed by atoms with Gasteiger partial charge in [-0.25, -0.2) is 9.97 Å². The minimum atomic E-state index is -0.410. The molecule has 1 aromatic heterocycles. The quantitative estimate of drug-likeness (QED) is 0.171. The van der Waals surface area contributed by atoms with E-state index >= 15 is 0 Å². The van der Waals surface area contributed by atoms with E-state index in [9.17, 15) is 0 Å². The van der Waals surface area contributed by atoms with Crippen molar-refractivity contribution in [3.63, 3.8) is 0 Å². The zero-order chi connectivity index (χ0) is 37.8. The Kier molecular flexibility index (Phi) is 7.82. The van der Waals surface area contributed by atoms with E-state index in [4.69, 9.17) is 19.4 Å². The molecule has 2 unspecified atom stereocenters. The lowest BCUT2D eigenvalue weighted by molar-refractivity contribution is 0.355. The van der Waals surface area contributed by atoms with Gasteiger partial charge in [-0.15, -0.1) is 0 Å². The average molecular weight is 733 g/mol. The lowest BCUT2D eigenvalue weighted by atomic mass is 9.63. The highest BCUT2D eigenvalue weighted by atomic mass is 16.6. The molecule has 0 saturated carbocycles. The van der Waals surface area contributed by atoms with E-state index in [-0.39, 0.29) is 11.8 Å². The van der Waals surface area contributed by atoms with Crippen molar-refractivity contribution in [3.8, 4) is 68.0 Å². The van der Waals surface area contributed by atoms with Crippen LogP contribution in [0.15, 0.2) is 206 Å². The first kappa shape index (κ1) is 33.1. The monoisotopic (exact) mass is 732 g/mol. The molecule has 270 valence electrons. The summed E-state index contributed by atoms with van der Waals surface area (Å²) in [5.74, 6) is 3.86. The zero-order valence-corrected chi connectivity index (χ0v) is 31.0. The largest absolute Gasteiger partial charge is 0.450 e. The number of hydrogen-bond donors (Lipinski definition) is 0. The van der Waals surface area contributed by atoms with Crippen molar-refractivity contribution in [2.24, 2.45) is 5.92 Å². The van der Waals surface area contributed by atoms with Crippen LogP contribution in [0, 0.1) is 5.92 Å². The van der Waals surface area contributed by atoms with Gasteiger partial charge in [0.1, 0.15) is 0 Å². The molecule has 1 aliphatic heterocycles. The van der Waals surface area contributed by atoms with Crippen LogP contribution in [-0.2, 0) is 5.41 Å². The summed E-state index contributed by atoms with van der Waals surface area (Å²) in [6, 6.07) is 63.5. The number of fused-ring (bicyclic) bond motifs is 6. The van der Waals surface area contributed by atoms with Crippen LogP contribution in [0.1, 0.15) is 28.2 Å². The molecule has 2 atom stereocenters. The van der Waals surface area contributed by atoms with Crippen molar-refractivity contribution in [3.05, 3.63) is 229 Å². The second-order valence-electron chi connectivity index (χ2n) is 14.9. The predicted molar refractivity (Wildman–Crippen MR) is 228 cm³/mol. The van der Waals surface area contributed by atoms with Crippen molar-refractivity contribution >= 4 is 0 Å². The summed E-state index contributed by atoms with van der Waals surface area (Å²) < 4.78 is 13.7. The Morgan fingerprint density at radius 2 is 1.00 bits per heavy atom. The highest BCUT2D eigenvalue weighted by Crippen LogP contribution is 2.64. The highest BCUT2D eigenvalue weighted by Gasteiger charge is 2.54. The summed E-state index contributed by atoms with van der Waals surface area (Å²) in [5, 5.41) is 0. The molecule has 0 bridgehead atoms. The maximum absolute atomic E-state index is 7.04. The SMILES string of the molecule is C1=CC2c3c(ccc4c3Oc3cc(-c5cccc(-c6cc(-c7ccccc7)nc(-c7ccccc7)n6)c5)ccc3O4)C(c3ccccc3)(c3ccccc3)C2C=C1. The van der Waals surface area contributed by atoms with Gasteiger partial charge in [-0.2, -0.15) is 0 Å². The summed E-state index contributed by atoms with van der Waals surface area (Å²) >= 11 is 0. The van der Waals surface area contributed by atoms with Gasteiger partial charge in [-0.05, 0) is 58.1 Å². The Bertz CT molecular complexity index is 2750. The number of allylic oxidation sites excluding steroid dienone is 4. The maximum Gasteiger partial charge on any atom is 0.174 e. The predicted octanol–water partition coefficient (Wildman–Crippen LogP) is 13.2. The Morgan fingerprint density at radius 1 is 0.421 bits per heavy atom. The van der Waals surface area contributed by atoms with E-state index in [1.54, 1.807) is 0 Å². The molecule has 0 fully saturated rings. The minimum Gasteiger partial charge on any atom is -0.450 e. The summed E-state index contributed by atoms with van der Waals surface area (Å²) in [6.45, 7) is 0. The van der Waals surface area contributed by atoms with Crippen molar-refractivity contribution in [1.82, 2.24) is 9.97 Å². The third-order valence-corrected chi connectivity index (χ3v) is 11.7. The van der Waals surface area contributed by atoms with Crippen LogP contribution >= 0.6 is 0 Å². The van der Waals surface area contributed by atoms with Gasteiger partial charge in [0.05, 0.1) is 16.8 Å². The van der Waals surface area contributed by atoms with Crippen molar-refractivity contribution < 1.29 is 9.47 Å². The molecule has 57 heavy (non-hydrogen) atoms. The molecule has 7 aromatic carbocycles. The van der Waals surface area contributed by atoms with E-state index < -0.39 is 5.41 Å². The standard InChI is InChI=1S/C53H36N2O2/c1-5-16-35(17-6-1)45-34-46(55-52(54-45)36-18-7-2-8-19-36)39-21-15-20-37(32-39)38-28-30-47-49(33-38)57-51-48(56-47)31-29-44-50(51)42-26-13-14-27-43(42)53(44,40-22-9-3-10-23-40)41-24-11-4-12-25-41/h1-34,42-43H. The number of nitrogens with zero attached hydrogens (tertiary/aromatic N) is 2. The van der Waals surface area contributed by atoms with Crippen LogP contribution < -0.4 is 9.47 Å². The van der Waals surface area contributed by atoms with Crippen LogP contribution in [0.5, 0.6) is 23.0 Å². The highest BCUT2D eigenvalue weighted by molar-refractivity contribution is 5.78. The number of ether oxygens (including phenoxy) is 2. The lowest BCUT2D eigenvalue weighted by Crippen LogP contribution is -2.34. The van der Waals surface area contributed by atoms with Gasteiger partial charge in [0.25, 0.3) is 0 Å².